The number of urea groups is 1. The Bertz CT molecular complexity index is 1760. The van der Waals surface area contributed by atoms with E-state index in [9.17, 15) is 22.7 Å². The Morgan fingerprint density at radius 3 is 2.51 bits per heavy atom. The number of halogens is 1. The van der Waals surface area contributed by atoms with Gasteiger partial charge in [-0.3, -0.25) is 9.88 Å². The fourth-order valence-electron chi connectivity index (χ4n) is 5.24. The Hall–Kier alpha value is -4.43. The number of amides is 2. The molecular formula is C34H39FN6O5S. The summed E-state index contributed by atoms with van der Waals surface area (Å²) in [6, 6.07) is 19.4. The SMILES string of the molecule is Cc1ccc(NC(=O)NC2CC(c3cccc(F)c3)CCN2Cc2ccc(Oc3ccc(S(=O)(=O)NCC(C)(C)O)cc3)nc2)cn1. The number of nitrogens with one attached hydrogen (secondary N) is 3. The van der Waals surface area contributed by atoms with Gasteiger partial charge in [0.05, 0.1) is 28.5 Å². The molecule has 2 aromatic heterocycles. The molecule has 248 valence electrons. The lowest BCUT2D eigenvalue weighted by molar-refractivity contribution is 0.0857. The molecule has 2 amide bonds. The lowest BCUT2D eigenvalue weighted by Gasteiger charge is -2.40. The highest BCUT2D eigenvalue weighted by atomic mass is 32.2. The van der Waals surface area contributed by atoms with E-state index in [1.54, 1.807) is 36.7 Å². The number of carbonyl (C=O) groups is 1. The molecule has 2 unspecified atom stereocenters. The van der Waals surface area contributed by atoms with Crippen LogP contribution in [-0.2, 0) is 16.6 Å². The quantitative estimate of drug-likeness (QED) is 0.170. The summed E-state index contributed by atoms with van der Waals surface area (Å²) >= 11 is 0. The molecule has 3 heterocycles. The lowest BCUT2D eigenvalue weighted by Crippen LogP contribution is -2.52. The maximum Gasteiger partial charge on any atom is 0.320 e. The zero-order valence-corrected chi connectivity index (χ0v) is 27.3. The van der Waals surface area contributed by atoms with E-state index in [1.165, 1.54) is 44.2 Å². The average Bonchev–Trinajstić information content (AvgIpc) is 3.03. The van der Waals surface area contributed by atoms with E-state index < -0.39 is 15.6 Å². The van der Waals surface area contributed by atoms with E-state index in [4.69, 9.17) is 4.74 Å². The summed E-state index contributed by atoms with van der Waals surface area (Å²) in [5, 5.41) is 15.8. The number of hydrogen-bond acceptors (Lipinski definition) is 8. The molecule has 0 radical (unpaired) electrons. The normalized spacial score (nSPS) is 17.2. The maximum absolute atomic E-state index is 14.0. The second-order valence-corrected chi connectivity index (χ2v) is 14.0. The molecule has 4 aromatic rings. The van der Waals surface area contributed by atoms with Crippen molar-refractivity contribution < 1.29 is 27.4 Å². The van der Waals surface area contributed by atoms with E-state index in [1.807, 2.05) is 25.1 Å². The monoisotopic (exact) mass is 662 g/mol. The highest BCUT2D eigenvalue weighted by Gasteiger charge is 2.31. The molecule has 11 nitrogen and oxygen atoms in total. The van der Waals surface area contributed by atoms with Gasteiger partial charge >= 0.3 is 6.03 Å². The third-order valence-electron chi connectivity index (χ3n) is 7.73. The van der Waals surface area contributed by atoms with Gasteiger partial charge in [0.2, 0.25) is 15.9 Å². The van der Waals surface area contributed by atoms with Crippen LogP contribution in [0.3, 0.4) is 0 Å². The van der Waals surface area contributed by atoms with Crippen molar-refractivity contribution in [2.75, 3.05) is 18.4 Å². The molecule has 4 N–H and O–H groups in total. The number of aromatic nitrogens is 2. The summed E-state index contributed by atoms with van der Waals surface area (Å²) in [5.74, 6) is 0.522. The van der Waals surface area contributed by atoms with Crippen LogP contribution in [0.4, 0.5) is 14.9 Å². The zero-order valence-electron chi connectivity index (χ0n) is 26.5. The van der Waals surface area contributed by atoms with Gasteiger partial charge in [-0.15, -0.1) is 0 Å². The number of pyridine rings is 2. The van der Waals surface area contributed by atoms with Crippen LogP contribution < -0.4 is 20.1 Å². The number of ether oxygens (including phenoxy) is 1. The maximum atomic E-state index is 14.0. The van der Waals surface area contributed by atoms with Crippen molar-refractivity contribution in [3.05, 3.63) is 108 Å². The first-order chi connectivity index (χ1) is 22.3. The highest BCUT2D eigenvalue weighted by molar-refractivity contribution is 7.89. The Morgan fingerprint density at radius 2 is 1.85 bits per heavy atom. The second kappa shape index (κ2) is 14.6. The van der Waals surface area contributed by atoms with Crippen molar-refractivity contribution in [3.63, 3.8) is 0 Å². The highest BCUT2D eigenvalue weighted by Crippen LogP contribution is 2.32. The van der Waals surface area contributed by atoms with Crippen LogP contribution in [0.1, 0.15) is 49.4 Å². The predicted molar refractivity (Wildman–Crippen MR) is 176 cm³/mol. The number of benzene rings is 2. The summed E-state index contributed by atoms with van der Waals surface area (Å²) in [7, 11) is -3.79. The molecule has 47 heavy (non-hydrogen) atoms. The summed E-state index contributed by atoms with van der Waals surface area (Å²) < 4.78 is 47.2. The van der Waals surface area contributed by atoms with Crippen LogP contribution in [-0.4, -0.2) is 59.3 Å². The van der Waals surface area contributed by atoms with E-state index in [2.05, 4.69) is 30.2 Å². The molecule has 13 heteroatoms. The molecule has 2 atom stereocenters. The minimum Gasteiger partial charge on any atom is -0.439 e. The molecule has 0 aliphatic carbocycles. The number of likely N-dealkylation sites (tertiary alicyclic amines) is 1. The second-order valence-electron chi connectivity index (χ2n) is 12.3. The summed E-state index contributed by atoms with van der Waals surface area (Å²) in [6.45, 7) is 5.95. The number of anilines is 1. The van der Waals surface area contributed by atoms with Crippen molar-refractivity contribution in [1.29, 1.82) is 0 Å². The Balaban J connectivity index is 1.23. The molecule has 1 aliphatic heterocycles. The fraction of sp³-hybridized carbons (Fsp3) is 0.324. The summed E-state index contributed by atoms with van der Waals surface area (Å²) in [6.07, 6.45) is 4.35. The number of nitrogens with zero attached hydrogens (tertiary/aromatic N) is 3. The number of piperidine rings is 1. The largest absolute Gasteiger partial charge is 0.439 e. The molecule has 0 spiro atoms. The third-order valence-corrected chi connectivity index (χ3v) is 9.15. The van der Waals surface area contributed by atoms with E-state index in [0.717, 1.165) is 23.2 Å². The number of sulfonamides is 1. The molecule has 5 rings (SSSR count). The third kappa shape index (κ3) is 9.78. The first-order valence-electron chi connectivity index (χ1n) is 15.3. The van der Waals surface area contributed by atoms with Crippen LogP contribution in [0, 0.1) is 12.7 Å². The standard InChI is InChI=1S/C34H39FN6O5S/c1-23-7-9-28(20-36-23)39-33(42)40-31-18-26(25-5-4-6-27(35)17-25)15-16-41(31)21-24-8-14-32(37-19-24)46-29-10-12-30(13-11-29)47(44,45)38-22-34(2,3)43/h4-14,17,19-20,26,31,38,43H,15-16,18,21-22H2,1-3H3,(H2,39,40,42). The van der Waals surface area contributed by atoms with Crippen LogP contribution in [0.15, 0.2) is 90.1 Å². The van der Waals surface area contributed by atoms with E-state index >= 15 is 0 Å². The molecule has 1 saturated heterocycles. The van der Waals surface area contributed by atoms with Gasteiger partial charge in [-0.05, 0) is 99.2 Å². The summed E-state index contributed by atoms with van der Waals surface area (Å²) in [4.78, 5) is 23.9. The number of hydrogen-bond donors (Lipinski definition) is 4. The van der Waals surface area contributed by atoms with Gasteiger partial charge < -0.3 is 20.5 Å². The van der Waals surface area contributed by atoms with Crippen LogP contribution >= 0.6 is 0 Å². The van der Waals surface area contributed by atoms with Crippen molar-refractivity contribution in [2.24, 2.45) is 0 Å². The average molecular weight is 663 g/mol. The Kier molecular flexibility index (Phi) is 10.5. The zero-order chi connectivity index (χ0) is 33.6. The van der Waals surface area contributed by atoms with Crippen LogP contribution in [0.2, 0.25) is 0 Å². The molecule has 2 aromatic carbocycles. The minimum absolute atomic E-state index is 0.0472. The van der Waals surface area contributed by atoms with Crippen molar-refractivity contribution >= 4 is 21.7 Å². The van der Waals surface area contributed by atoms with Gasteiger partial charge in [-0.1, -0.05) is 18.2 Å². The van der Waals surface area contributed by atoms with Gasteiger partial charge in [0.1, 0.15) is 11.6 Å². The molecule has 1 fully saturated rings. The number of rotatable bonds is 11. The van der Waals surface area contributed by atoms with E-state index in [0.29, 0.717) is 36.8 Å². The number of aryl methyl sites for hydroxylation is 1. The van der Waals surface area contributed by atoms with Gasteiger partial charge in [0, 0.05) is 37.6 Å². The Morgan fingerprint density at radius 1 is 1.06 bits per heavy atom. The fourth-order valence-corrected chi connectivity index (χ4v) is 6.44. The van der Waals surface area contributed by atoms with Crippen LogP contribution in [0.5, 0.6) is 11.6 Å². The molecule has 1 aliphatic rings. The van der Waals surface area contributed by atoms with Crippen molar-refractivity contribution in [2.45, 2.75) is 62.7 Å². The van der Waals surface area contributed by atoms with Crippen molar-refractivity contribution in [1.82, 2.24) is 24.9 Å². The molecule has 0 bridgehead atoms. The van der Waals surface area contributed by atoms with E-state index in [-0.39, 0.29) is 35.4 Å². The smallest absolute Gasteiger partial charge is 0.320 e. The summed E-state index contributed by atoms with van der Waals surface area (Å²) in [5.41, 5.74) is 2.04. The topological polar surface area (TPSA) is 146 Å². The van der Waals surface area contributed by atoms with Crippen LogP contribution in [0.25, 0.3) is 0 Å². The van der Waals surface area contributed by atoms with Gasteiger partial charge in [-0.2, -0.15) is 0 Å². The number of aliphatic hydroxyl groups is 1. The van der Waals surface area contributed by atoms with Crippen molar-refractivity contribution in [3.8, 4) is 11.6 Å². The van der Waals surface area contributed by atoms with Gasteiger partial charge in [0.15, 0.2) is 0 Å². The van der Waals surface area contributed by atoms with Gasteiger partial charge in [-0.25, -0.2) is 27.3 Å². The lowest BCUT2D eigenvalue weighted by atomic mass is 9.87. The first kappa shape index (κ1) is 33.9. The Labute approximate surface area is 274 Å². The molecular weight excluding hydrogens is 623 g/mol. The minimum atomic E-state index is -3.79. The van der Waals surface area contributed by atoms with Gasteiger partial charge in [0.25, 0.3) is 0 Å². The first-order valence-corrected chi connectivity index (χ1v) is 16.8. The predicted octanol–water partition coefficient (Wildman–Crippen LogP) is 5.29. The number of carbonyl (C=O) groups excluding carboxylic acids is 1. The molecule has 0 saturated carbocycles.